The molecule has 0 aromatic carbocycles. The molecule has 0 saturated heterocycles. The molecule has 0 rings (SSSR count). The molecule has 0 aliphatic heterocycles. The summed E-state index contributed by atoms with van der Waals surface area (Å²) in [5.74, 6) is 0. The Morgan fingerprint density at radius 3 is 1.25 bits per heavy atom. The van der Waals surface area contributed by atoms with Crippen LogP contribution >= 0.6 is 0 Å². The maximum absolute atomic E-state index is 8.42. The van der Waals surface area contributed by atoms with Crippen LogP contribution in [0.1, 0.15) is 6.92 Å². The van der Waals surface area contributed by atoms with E-state index in [9.17, 15) is 0 Å². The van der Waals surface area contributed by atoms with Gasteiger partial charge in [0.1, 0.15) is 0 Å². The van der Waals surface area contributed by atoms with Crippen LogP contribution in [-0.4, -0.2) is 30.2 Å². The van der Waals surface area contributed by atoms with E-state index in [1.54, 1.807) is 0 Å². The third-order valence-corrected chi connectivity index (χ3v) is 0.264. The summed E-state index contributed by atoms with van der Waals surface area (Å²) in [5.41, 5.74) is 0. The van der Waals surface area contributed by atoms with Gasteiger partial charge in [0.05, 0.1) is 12.7 Å². The summed E-state index contributed by atoms with van der Waals surface area (Å²) >= 11 is 0. The Hall–Kier alpha value is 2.86. The Morgan fingerprint density at radius 1 is 1.17 bits per heavy atom. The Morgan fingerprint density at radius 2 is 1.25 bits per heavy atom. The maximum Gasteiger partial charge on any atom is 1.00 e. The second-order valence-corrected chi connectivity index (χ2v) is 1.32. The quantitative estimate of drug-likeness (QED) is 0.412. The molecule has 0 bridgehead atoms. The van der Waals surface area contributed by atoms with Crippen molar-refractivity contribution in [1.29, 1.82) is 0 Å². The molecule has 1 atom stereocenters. The predicted molar refractivity (Wildman–Crippen MR) is 24.5 cm³/mol. The van der Waals surface area contributed by atoms with E-state index < -0.39 is 13.4 Å². The molecule has 0 aliphatic carbocycles. The fourth-order valence-electron chi connectivity index (χ4n) is 0. The summed E-state index contributed by atoms with van der Waals surface area (Å²) in [6.45, 7) is 1.39. The Kier molecular flexibility index (Phi) is 57.7. The minimum Gasteiger partial charge on any atom is -0.907 e. The average Bonchev–Trinajstić information content (AvgIpc) is 1.65. The molecule has 2 N–H and O–H groups in total. The van der Waals surface area contributed by atoms with Crippen LogP contribution in [0.25, 0.3) is 0 Å². The van der Waals surface area contributed by atoms with Crippen LogP contribution in [0.4, 0.5) is 0 Å². The van der Waals surface area contributed by atoms with Gasteiger partial charge in [-0.3, -0.25) is 7.32 Å². The van der Waals surface area contributed by atoms with Crippen LogP contribution in [0.15, 0.2) is 0 Å². The van der Waals surface area contributed by atoms with Crippen molar-refractivity contribution in [2.45, 2.75) is 13.0 Å². The smallest absolute Gasteiger partial charge is 0.907 e. The molecule has 9 heteroatoms. The van der Waals surface area contributed by atoms with Gasteiger partial charge in [-0.25, -0.2) is 0 Å². The fourth-order valence-corrected chi connectivity index (χ4v) is 0. The van der Waals surface area contributed by atoms with Crippen LogP contribution in [-0.2, 0) is 0 Å². The molecular formula is C3H8BNa3O5. The predicted octanol–water partition coefficient (Wildman–Crippen LogP) is -13.6. The first-order chi connectivity index (χ1) is 4.00. The van der Waals surface area contributed by atoms with Crippen molar-refractivity contribution in [3.63, 3.8) is 0 Å². The van der Waals surface area contributed by atoms with Crippen molar-refractivity contribution in [3.05, 3.63) is 0 Å². The average molecular weight is 204 g/mol. The van der Waals surface area contributed by atoms with Crippen molar-refractivity contribution in [2.75, 3.05) is 6.61 Å². The number of hydrogen-bond donors (Lipinski definition) is 2. The maximum atomic E-state index is 8.42. The van der Waals surface area contributed by atoms with Gasteiger partial charge >= 0.3 is 88.7 Å². The number of aliphatic hydroxyl groups is 2. The van der Waals surface area contributed by atoms with Crippen molar-refractivity contribution in [1.82, 2.24) is 0 Å². The summed E-state index contributed by atoms with van der Waals surface area (Å²) in [4.78, 5) is 0. The van der Waals surface area contributed by atoms with Gasteiger partial charge in [-0.1, -0.05) is 0 Å². The summed E-state index contributed by atoms with van der Waals surface area (Å²) in [7, 11) is -2.92. The zero-order valence-electron chi connectivity index (χ0n) is 7.98. The van der Waals surface area contributed by atoms with Gasteiger partial charge in [0.15, 0.2) is 0 Å². The van der Waals surface area contributed by atoms with Crippen LogP contribution in [0.5, 0.6) is 0 Å². The molecule has 0 fully saturated rings. The zero-order valence-corrected chi connectivity index (χ0v) is 14.0. The third-order valence-electron chi connectivity index (χ3n) is 0.264. The van der Waals surface area contributed by atoms with E-state index >= 15 is 0 Å². The molecule has 0 aromatic rings. The topological polar surface area (TPSA) is 110 Å². The summed E-state index contributed by atoms with van der Waals surface area (Å²) in [6.07, 6.45) is -0.560. The fraction of sp³-hybridized carbons (Fsp3) is 1.00. The Balaban J connectivity index is -0.0000000221. The van der Waals surface area contributed by atoms with Crippen LogP contribution in [0.2, 0.25) is 0 Å². The Labute approximate surface area is 139 Å². The first-order valence-electron chi connectivity index (χ1n) is 2.27. The summed E-state index contributed by atoms with van der Waals surface area (Å²) < 4.78 is 0. The first-order valence-corrected chi connectivity index (χ1v) is 2.27. The number of rotatable bonds is 1. The van der Waals surface area contributed by atoms with Gasteiger partial charge in [-0.05, 0) is 6.92 Å². The van der Waals surface area contributed by atoms with Gasteiger partial charge in [-0.2, -0.15) is 0 Å². The molecule has 0 aliphatic rings. The zero-order chi connectivity index (χ0) is 7.86. The SMILES string of the molecule is CC(O)CO.[Na+].[Na+].[Na+].[O-]B([O-])[O-]. The molecule has 0 radical (unpaired) electrons. The summed E-state index contributed by atoms with van der Waals surface area (Å²) in [5, 5.41) is 41.3. The molecule has 12 heavy (non-hydrogen) atoms. The van der Waals surface area contributed by atoms with Crippen LogP contribution in [0.3, 0.4) is 0 Å². The third kappa shape index (κ3) is 76.5. The normalized spacial score (nSPS) is 8.50. The molecule has 5 nitrogen and oxygen atoms in total. The summed E-state index contributed by atoms with van der Waals surface area (Å²) in [6, 6.07) is 0. The van der Waals surface area contributed by atoms with Crippen LogP contribution in [0, 0.1) is 0 Å². The minimum absolute atomic E-state index is 0. The number of aliphatic hydroxyl groups excluding tert-OH is 2. The molecular weight excluding hydrogens is 196 g/mol. The van der Waals surface area contributed by atoms with E-state index in [-0.39, 0.29) is 95.3 Å². The molecule has 0 saturated carbocycles. The Bertz CT molecular complexity index is 54.4. The molecule has 56 valence electrons. The largest absolute Gasteiger partial charge is 1.00 e. The van der Waals surface area contributed by atoms with E-state index in [1.807, 2.05) is 0 Å². The second-order valence-electron chi connectivity index (χ2n) is 1.32. The number of hydrogen-bond acceptors (Lipinski definition) is 5. The van der Waals surface area contributed by atoms with E-state index in [1.165, 1.54) is 6.92 Å². The van der Waals surface area contributed by atoms with Crippen molar-refractivity contribution in [2.24, 2.45) is 0 Å². The monoisotopic (exact) mass is 204 g/mol. The molecule has 0 amide bonds. The first kappa shape index (κ1) is 29.4. The van der Waals surface area contributed by atoms with E-state index in [0.29, 0.717) is 0 Å². The molecule has 1 unspecified atom stereocenters. The van der Waals surface area contributed by atoms with Crippen molar-refractivity contribution < 1.29 is 114 Å². The molecule has 0 heterocycles. The van der Waals surface area contributed by atoms with Gasteiger partial charge in [0, 0.05) is 0 Å². The van der Waals surface area contributed by atoms with Gasteiger partial charge < -0.3 is 25.3 Å². The minimum atomic E-state index is -2.92. The van der Waals surface area contributed by atoms with Gasteiger partial charge in [-0.15, -0.1) is 0 Å². The van der Waals surface area contributed by atoms with E-state index in [2.05, 4.69) is 0 Å². The second kappa shape index (κ2) is 23.6. The van der Waals surface area contributed by atoms with Gasteiger partial charge in [0.25, 0.3) is 0 Å². The molecule has 0 aromatic heterocycles. The van der Waals surface area contributed by atoms with Crippen LogP contribution < -0.4 is 104 Å². The standard InChI is InChI=1S/C3H8O2.BO3.3Na/c1-3(5)2-4;2-1(3)4;;;/h3-5H,2H2,1H3;;;;/q;-3;3*+1. The van der Waals surface area contributed by atoms with Gasteiger partial charge in [0.2, 0.25) is 0 Å². The van der Waals surface area contributed by atoms with Crippen molar-refractivity contribution in [3.8, 4) is 0 Å². The van der Waals surface area contributed by atoms with E-state index in [4.69, 9.17) is 25.3 Å². The van der Waals surface area contributed by atoms with E-state index in [0.717, 1.165) is 0 Å². The molecule has 0 spiro atoms. The van der Waals surface area contributed by atoms with Crippen molar-refractivity contribution >= 4 is 7.32 Å².